The van der Waals surface area contributed by atoms with Gasteiger partial charge in [0.25, 0.3) is 0 Å². The van der Waals surface area contributed by atoms with Gasteiger partial charge in [-0.05, 0) is 31.0 Å². The van der Waals surface area contributed by atoms with Crippen LogP contribution in [0, 0.1) is 5.21 Å². The van der Waals surface area contributed by atoms with Crippen molar-refractivity contribution in [3.8, 4) is 0 Å². The molecule has 1 saturated carbocycles. The van der Waals surface area contributed by atoms with Gasteiger partial charge < -0.3 is 10.3 Å². The average molecular weight is 316 g/mol. The molecule has 0 bridgehead atoms. The smallest absolute Gasteiger partial charge is 0.173 e. The highest BCUT2D eigenvalue weighted by atomic mass is 35.5. The highest BCUT2D eigenvalue weighted by Gasteiger charge is 2.35. The van der Waals surface area contributed by atoms with Crippen LogP contribution in [0.15, 0.2) is 39.6 Å². The van der Waals surface area contributed by atoms with Crippen LogP contribution in [-0.2, 0) is 4.79 Å². The van der Waals surface area contributed by atoms with Crippen molar-refractivity contribution in [3.05, 3.63) is 39.7 Å². The van der Waals surface area contributed by atoms with E-state index in [4.69, 9.17) is 11.6 Å². The molecular formula is C15H12ClN4O2-. The van der Waals surface area contributed by atoms with Crippen LogP contribution in [0.1, 0.15) is 19.3 Å². The second-order valence-corrected chi connectivity index (χ2v) is 5.87. The Bertz CT molecular complexity index is 797. The number of benzene rings is 1. The molecule has 0 radical (unpaired) electrons. The highest BCUT2D eigenvalue weighted by Crippen LogP contribution is 2.41. The van der Waals surface area contributed by atoms with E-state index in [-0.39, 0.29) is 11.5 Å². The number of Topliss-reactive ketones (excluding diaryl/α,β-unsaturated/α-hetero) is 1. The summed E-state index contributed by atoms with van der Waals surface area (Å²) in [6, 6.07) is 4.93. The molecule has 0 amide bonds. The molecule has 1 aromatic rings. The summed E-state index contributed by atoms with van der Waals surface area (Å²) in [6.07, 6.45) is 1.89. The molecular weight excluding hydrogens is 304 g/mol. The van der Waals surface area contributed by atoms with E-state index in [0.29, 0.717) is 46.4 Å². The zero-order valence-corrected chi connectivity index (χ0v) is 12.6. The lowest BCUT2D eigenvalue weighted by molar-refractivity contribution is -0.115. The van der Waals surface area contributed by atoms with Gasteiger partial charge in [-0.25, -0.2) is 10.0 Å². The summed E-state index contributed by atoms with van der Waals surface area (Å²) in [7, 11) is 1.73. The molecule has 2 heterocycles. The number of fused-ring (bicyclic) bond motifs is 3. The Morgan fingerprint density at radius 3 is 2.95 bits per heavy atom. The first kappa shape index (κ1) is 13.5. The molecule has 0 unspecified atom stereocenters. The Labute approximate surface area is 132 Å². The number of hydroxylamine groups is 1. The Hall–Kier alpha value is -2.18. The van der Waals surface area contributed by atoms with E-state index in [2.05, 4.69) is 10.1 Å². The normalized spacial score (nSPS) is 20.2. The molecule has 0 saturated heterocycles. The number of rotatable bonds is 0. The predicted molar refractivity (Wildman–Crippen MR) is 85.5 cm³/mol. The van der Waals surface area contributed by atoms with E-state index in [9.17, 15) is 10.0 Å². The number of carbonyl (C=O) groups is 1. The van der Waals surface area contributed by atoms with Crippen molar-refractivity contribution in [3.63, 3.8) is 0 Å². The van der Waals surface area contributed by atoms with Crippen molar-refractivity contribution in [1.82, 2.24) is 5.01 Å². The van der Waals surface area contributed by atoms with Gasteiger partial charge in [-0.3, -0.25) is 4.79 Å². The van der Waals surface area contributed by atoms with Gasteiger partial charge in [0.2, 0.25) is 0 Å². The zero-order chi connectivity index (χ0) is 15.4. The van der Waals surface area contributed by atoms with Gasteiger partial charge in [0, 0.05) is 18.5 Å². The van der Waals surface area contributed by atoms with Gasteiger partial charge in [-0.15, -0.1) is 0 Å². The maximum Gasteiger partial charge on any atom is 0.173 e. The van der Waals surface area contributed by atoms with E-state index < -0.39 is 0 Å². The van der Waals surface area contributed by atoms with Crippen molar-refractivity contribution in [2.75, 3.05) is 12.1 Å². The molecule has 0 aromatic heterocycles. The average Bonchev–Trinajstić information content (AvgIpc) is 2.49. The van der Waals surface area contributed by atoms with Crippen LogP contribution in [-0.4, -0.2) is 29.4 Å². The monoisotopic (exact) mass is 315 g/mol. The van der Waals surface area contributed by atoms with E-state index >= 15 is 0 Å². The largest absolute Gasteiger partial charge is 0.754 e. The fraction of sp³-hybridized carbons (Fsp3) is 0.267. The molecule has 0 atom stereocenters. The number of hydrogen-bond acceptors (Lipinski definition) is 6. The van der Waals surface area contributed by atoms with Gasteiger partial charge in [-0.2, -0.15) is 5.10 Å². The quantitative estimate of drug-likeness (QED) is 0.738. The van der Waals surface area contributed by atoms with E-state index in [1.807, 2.05) is 0 Å². The number of allylic oxidation sites excluding steroid dienone is 1. The highest BCUT2D eigenvalue weighted by molar-refractivity contribution is 6.32. The first-order valence-corrected chi connectivity index (χ1v) is 7.39. The molecule has 3 aliphatic rings. The molecule has 6 nitrogen and oxygen atoms in total. The van der Waals surface area contributed by atoms with Gasteiger partial charge in [0.05, 0.1) is 28.4 Å². The third-order valence-corrected chi connectivity index (χ3v) is 4.23. The lowest BCUT2D eigenvalue weighted by Gasteiger charge is -2.43. The number of carbonyl (C=O) groups excluding carboxylic acids is 1. The predicted octanol–water partition coefficient (Wildman–Crippen LogP) is 3.00. The molecule has 4 rings (SSSR count). The number of amidine groups is 1. The third-order valence-electron chi connectivity index (χ3n) is 4.00. The van der Waals surface area contributed by atoms with Crippen molar-refractivity contribution < 1.29 is 4.79 Å². The van der Waals surface area contributed by atoms with Gasteiger partial charge in [-0.1, -0.05) is 11.6 Å². The first-order chi connectivity index (χ1) is 10.6. The summed E-state index contributed by atoms with van der Waals surface area (Å²) in [5.74, 6) is 0.353. The number of aliphatic imine (C=N–C) groups is 1. The fourth-order valence-corrected chi connectivity index (χ4v) is 3.16. The Morgan fingerprint density at radius 2 is 2.14 bits per heavy atom. The lowest BCUT2D eigenvalue weighted by Crippen LogP contribution is -2.42. The van der Waals surface area contributed by atoms with Crippen LogP contribution in [0.3, 0.4) is 0 Å². The van der Waals surface area contributed by atoms with E-state index in [1.54, 1.807) is 30.3 Å². The fourth-order valence-electron chi connectivity index (χ4n) is 3.00. The Morgan fingerprint density at radius 1 is 1.32 bits per heavy atom. The molecule has 0 N–H and O–H groups in total. The van der Waals surface area contributed by atoms with Crippen molar-refractivity contribution in [2.45, 2.75) is 19.3 Å². The Kier molecular flexibility index (Phi) is 2.85. The van der Waals surface area contributed by atoms with Crippen LogP contribution >= 0.6 is 11.6 Å². The molecule has 22 heavy (non-hydrogen) atoms. The molecule has 7 heteroatoms. The number of ketones is 1. The standard InChI is InChI=1S/C15H12ClN4O2/c1-19-15-14(13-10(18-19)3-2-4-12(13)21)20(22)11-7-8(16)5-6-9(11)17-15/h5-7H,2-4H2,1H3/q-1. The molecule has 0 spiro atoms. The summed E-state index contributed by atoms with van der Waals surface area (Å²) in [5, 5.41) is 20.0. The maximum absolute atomic E-state index is 12.8. The lowest BCUT2D eigenvalue weighted by atomic mass is 9.88. The number of likely N-dealkylation sites (N-methyl/N-ethyl adjacent to an activating group) is 1. The van der Waals surface area contributed by atoms with Gasteiger partial charge >= 0.3 is 0 Å². The van der Waals surface area contributed by atoms with Crippen molar-refractivity contribution >= 4 is 40.3 Å². The van der Waals surface area contributed by atoms with Crippen LogP contribution < -0.4 is 5.06 Å². The first-order valence-electron chi connectivity index (χ1n) is 7.01. The maximum atomic E-state index is 12.8. The number of nitrogens with zero attached hydrogens (tertiary/aromatic N) is 4. The third kappa shape index (κ3) is 1.81. The minimum absolute atomic E-state index is 0.0490. The number of hydrogen-bond donors (Lipinski definition) is 0. The minimum atomic E-state index is -0.0490. The zero-order valence-electron chi connectivity index (χ0n) is 11.8. The summed E-state index contributed by atoms with van der Waals surface area (Å²) in [6.45, 7) is 0. The summed E-state index contributed by atoms with van der Waals surface area (Å²) >= 11 is 5.98. The number of anilines is 1. The SMILES string of the molecule is CN1N=C2CCCC(=O)C2=C2C1=Nc1ccc(Cl)cc1N2[O-]. The molecule has 1 fully saturated rings. The van der Waals surface area contributed by atoms with Crippen LogP contribution in [0.2, 0.25) is 5.02 Å². The van der Waals surface area contributed by atoms with Crippen molar-refractivity contribution in [2.24, 2.45) is 10.1 Å². The van der Waals surface area contributed by atoms with Gasteiger partial charge in [0.1, 0.15) is 0 Å². The van der Waals surface area contributed by atoms with E-state index in [0.717, 1.165) is 11.5 Å². The summed E-state index contributed by atoms with van der Waals surface area (Å²) in [4.78, 5) is 16.8. The minimum Gasteiger partial charge on any atom is -0.754 e. The van der Waals surface area contributed by atoms with Crippen LogP contribution in [0.25, 0.3) is 0 Å². The second kappa shape index (κ2) is 4.66. The molecule has 1 aliphatic carbocycles. The topological polar surface area (TPSA) is 71.3 Å². The molecule has 112 valence electrons. The summed E-state index contributed by atoms with van der Waals surface area (Å²) < 4.78 is 0. The van der Waals surface area contributed by atoms with Crippen LogP contribution in [0.4, 0.5) is 11.4 Å². The Balaban J connectivity index is 1.99. The summed E-state index contributed by atoms with van der Waals surface area (Å²) in [5.41, 5.74) is 2.23. The number of halogens is 1. The second-order valence-electron chi connectivity index (χ2n) is 5.43. The van der Waals surface area contributed by atoms with Crippen LogP contribution in [0.5, 0.6) is 0 Å². The molecule has 1 aromatic carbocycles. The van der Waals surface area contributed by atoms with Gasteiger partial charge in [0.15, 0.2) is 11.6 Å². The van der Waals surface area contributed by atoms with E-state index in [1.165, 1.54) is 0 Å². The van der Waals surface area contributed by atoms with Crippen molar-refractivity contribution in [1.29, 1.82) is 0 Å². The number of hydrazone groups is 1. The molecule has 2 aliphatic heterocycles.